The Kier molecular flexibility index (Phi) is 5.90. The van der Waals surface area contributed by atoms with E-state index in [0.717, 1.165) is 15.4 Å². The van der Waals surface area contributed by atoms with Gasteiger partial charge in [-0.05, 0) is 36.8 Å². The van der Waals surface area contributed by atoms with E-state index in [4.69, 9.17) is 0 Å². The van der Waals surface area contributed by atoms with Crippen molar-refractivity contribution in [2.24, 2.45) is 0 Å². The molecule has 0 saturated heterocycles. The van der Waals surface area contributed by atoms with Gasteiger partial charge in [-0.1, -0.05) is 24.3 Å². The molecule has 0 atom stereocenters. The second kappa shape index (κ2) is 8.22. The van der Waals surface area contributed by atoms with Gasteiger partial charge in [0.1, 0.15) is 6.54 Å². The Labute approximate surface area is 169 Å². The number of aryl methyl sites for hydroxylation is 1. The van der Waals surface area contributed by atoms with Crippen LogP contribution in [0.5, 0.6) is 0 Å². The minimum Gasteiger partial charge on any atom is -0.350 e. The van der Waals surface area contributed by atoms with Crippen LogP contribution in [0, 0.1) is 0 Å². The highest BCUT2D eigenvalue weighted by Crippen LogP contribution is 2.14. The van der Waals surface area contributed by atoms with Crippen molar-refractivity contribution < 1.29 is 13.2 Å². The molecule has 8 nitrogen and oxygen atoms in total. The van der Waals surface area contributed by atoms with Gasteiger partial charge in [-0.25, -0.2) is 17.5 Å². The van der Waals surface area contributed by atoms with Gasteiger partial charge in [0.25, 0.3) is 0 Å². The number of carbonyl (C=O) groups excluding carboxylic acids is 1. The lowest BCUT2D eigenvalue weighted by atomic mass is 10.2. The van der Waals surface area contributed by atoms with Crippen LogP contribution in [0.25, 0.3) is 11.0 Å². The van der Waals surface area contributed by atoms with Crippen molar-refractivity contribution >= 4 is 27.0 Å². The van der Waals surface area contributed by atoms with Gasteiger partial charge in [-0.15, -0.1) is 0 Å². The maximum absolute atomic E-state index is 12.6. The number of nitrogens with zero attached hydrogens (tertiary/aromatic N) is 3. The summed E-state index contributed by atoms with van der Waals surface area (Å²) in [6.07, 6.45) is 0. The second-order valence-electron chi connectivity index (χ2n) is 6.81. The monoisotopic (exact) mass is 416 g/mol. The van der Waals surface area contributed by atoms with E-state index >= 15 is 0 Å². The number of imidazole rings is 1. The first-order valence-electron chi connectivity index (χ1n) is 9.22. The summed E-state index contributed by atoms with van der Waals surface area (Å²) in [5.41, 5.74) is 2.06. The number of carbonyl (C=O) groups is 1. The van der Waals surface area contributed by atoms with Gasteiger partial charge in [-0.3, -0.25) is 13.9 Å². The number of rotatable bonds is 7. The van der Waals surface area contributed by atoms with E-state index in [0.29, 0.717) is 12.1 Å². The van der Waals surface area contributed by atoms with Crippen molar-refractivity contribution in [2.75, 3.05) is 14.1 Å². The molecule has 1 heterocycles. The van der Waals surface area contributed by atoms with Crippen molar-refractivity contribution in [2.45, 2.75) is 31.5 Å². The molecule has 0 spiro atoms. The molecule has 3 rings (SSSR count). The number of hydrogen-bond donors (Lipinski definition) is 1. The number of sulfonamides is 1. The Morgan fingerprint density at radius 2 is 1.59 bits per heavy atom. The summed E-state index contributed by atoms with van der Waals surface area (Å²) in [5.74, 6) is -0.295. The minimum atomic E-state index is -3.49. The molecule has 2 aromatic carbocycles. The van der Waals surface area contributed by atoms with Crippen LogP contribution in [0.15, 0.2) is 58.2 Å². The highest BCUT2D eigenvalue weighted by molar-refractivity contribution is 7.89. The molecule has 1 N–H and O–H groups in total. The zero-order chi connectivity index (χ0) is 21.2. The topological polar surface area (TPSA) is 93.4 Å². The molecule has 3 aromatic rings. The minimum absolute atomic E-state index is 0.0839. The normalized spacial score (nSPS) is 11.9. The molecule has 0 fully saturated rings. The lowest BCUT2D eigenvalue weighted by molar-refractivity contribution is -0.121. The lowest BCUT2D eigenvalue weighted by Crippen LogP contribution is -2.32. The van der Waals surface area contributed by atoms with Crippen LogP contribution in [-0.4, -0.2) is 41.9 Å². The third-order valence-electron chi connectivity index (χ3n) is 4.73. The van der Waals surface area contributed by atoms with Crippen LogP contribution in [0.1, 0.15) is 12.5 Å². The van der Waals surface area contributed by atoms with Crippen LogP contribution in [0.3, 0.4) is 0 Å². The number of benzene rings is 2. The van der Waals surface area contributed by atoms with Gasteiger partial charge in [0.2, 0.25) is 15.9 Å². The Hall–Kier alpha value is -2.91. The van der Waals surface area contributed by atoms with E-state index in [1.54, 1.807) is 16.7 Å². The van der Waals surface area contributed by atoms with E-state index in [-0.39, 0.29) is 29.6 Å². The third kappa shape index (κ3) is 4.10. The van der Waals surface area contributed by atoms with Gasteiger partial charge < -0.3 is 5.32 Å². The van der Waals surface area contributed by atoms with E-state index < -0.39 is 10.0 Å². The summed E-state index contributed by atoms with van der Waals surface area (Å²) in [6, 6.07) is 13.7. The second-order valence-corrected chi connectivity index (χ2v) is 8.96. The summed E-state index contributed by atoms with van der Waals surface area (Å²) in [7, 11) is -0.540. The van der Waals surface area contributed by atoms with Crippen LogP contribution in [0.4, 0.5) is 0 Å². The van der Waals surface area contributed by atoms with Crippen LogP contribution >= 0.6 is 0 Å². The molecule has 29 heavy (non-hydrogen) atoms. The predicted octanol–water partition coefficient (Wildman–Crippen LogP) is 1.39. The summed E-state index contributed by atoms with van der Waals surface area (Å²) < 4.78 is 28.4. The highest BCUT2D eigenvalue weighted by Gasteiger charge is 2.17. The van der Waals surface area contributed by atoms with E-state index in [1.807, 2.05) is 31.2 Å². The predicted molar refractivity (Wildman–Crippen MR) is 111 cm³/mol. The third-order valence-corrected chi connectivity index (χ3v) is 6.56. The van der Waals surface area contributed by atoms with Gasteiger partial charge in [0.15, 0.2) is 0 Å². The zero-order valence-electron chi connectivity index (χ0n) is 16.6. The molecular weight excluding hydrogens is 392 g/mol. The molecule has 1 amide bonds. The number of nitrogens with one attached hydrogen (secondary N) is 1. The van der Waals surface area contributed by atoms with Crippen molar-refractivity contribution in [3.05, 3.63) is 64.6 Å². The number of aromatic nitrogens is 2. The summed E-state index contributed by atoms with van der Waals surface area (Å²) in [4.78, 5) is 25.2. The Morgan fingerprint density at radius 1 is 1.00 bits per heavy atom. The lowest BCUT2D eigenvalue weighted by Gasteiger charge is -2.12. The van der Waals surface area contributed by atoms with Gasteiger partial charge >= 0.3 is 5.69 Å². The number of para-hydroxylation sites is 2. The van der Waals surface area contributed by atoms with Crippen molar-refractivity contribution in [1.82, 2.24) is 18.8 Å². The first kappa shape index (κ1) is 20.8. The van der Waals surface area contributed by atoms with Crippen molar-refractivity contribution in [3.8, 4) is 0 Å². The molecule has 9 heteroatoms. The Bertz CT molecular complexity index is 1190. The Balaban J connectivity index is 1.71. The number of amides is 1. The fraction of sp³-hybridized carbons (Fsp3) is 0.300. The molecule has 0 aliphatic carbocycles. The Morgan fingerprint density at radius 3 is 2.14 bits per heavy atom. The first-order valence-corrected chi connectivity index (χ1v) is 10.7. The first-order chi connectivity index (χ1) is 13.8. The molecule has 0 aliphatic heterocycles. The van der Waals surface area contributed by atoms with Gasteiger partial charge in [0.05, 0.1) is 15.9 Å². The van der Waals surface area contributed by atoms with Crippen LogP contribution in [0.2, 0.25) is 0 Å². The largest absolute Gasteiger partial charge is 0.350 e. The maximum atomic E-state index is 12.6. The van der Waals surface area contributed by atoms with Crippen LogP contribution in [-0.2, 0) is 34.5 Å². The average Bonchev–Trinajstić information content (AvgIpc) is 2.97. The SMILES string of the molecule is CCn1c(=O)n(CC(=O)NCc2ccc(S(=O)(=O)N(C)C)cc2)c2ccccc21. The fourth-order valence-electron chi connectivity index (χ4n) is 3.12. The maximum Gasteiger partial charge on any atom is 0.329 e. The summed E-state index contributed by atoms with van der Waals surface area (Å²) in [6.45, 7) is 2.57. The summed E-state index contributed by atoms with van der Waals surface area (Å²) in [5, 5.41) is 2.78. The number of hydrogen-bond acceptors (Lipinski definition) is 4. The molecule has 0 radical (unpaired) electrons. The molecule has 0 aliphatic rings. The molecule has 0 unspecified atom stereocenters. The highest BCUT2D eigenvalue weighted by atomic mass is 32.2. The molecule has 154 valence electrons. The fourth-order valence-corrected chi connectivity index (χ4v) is 4.02. The van der Waals surface area contributed by atoms with E-state index in [1.165, 1.54) is 30.8 Å². The van der Waals surface area contributed by atoms with E-state index in [9.17, 15) is 18.0 Å². The standard InChI is InChI=1S/C20H24N4O4S/c1-4-23-17-7-5-6-8-18(17)24(20(23)26)14-19(25)21-13-15-9-11-16(12-10-15)29(27,28)22(2)3/h5-12H,4,13-14H2,1-3H3,(H,21,25). The molecule has 1 aromatic heterocycles. The van der Waals surface area contributed by atoms with Crippen LogP contribution < -0.4 is 11.0 Å². The van der Waals surface area contributed by atoms with Gasteiger partial charge in [0, 0.05) is 27.2 Å². The smallest absolute Gasteiger partial charge is 0.329 e. The number of fused-ring (bicyclic) bond motifs is 1. The summed E-state index contributed by atoms with van der Waals surface area (Å²) >= 11 is 0. The zero-order valence-corrected chi connectivity index (χ0v) is 17.4. The van der Waals surface area contributed by atoms with E-state index in [2.05, 4.69) is 5.32 Å². The molecular formula is C20H24N4O4S. The van der Waals surface area contributed by atoms with Crippen molar-refractivity contribution in [3.63, 3.8) is 0 Å². The van der Waals surface area contributed by atoms with Crippen molar-refractivity contribution in [1.29, 1.82) is 0 Å². The average molecular weight is 417 g/mol. The molecule has 0 bridgehead atoms. The quantitative estimate of drug-likeness (QED) is 0.630. The molecule has 0 saturated carbocycles. The van der Waals surface area contributed by atoms with Gasteiger partial charge in [-0.2, -0.15) is 0 Å².